The van der Waals surface area contributed by atoms with Gasteiger partial charge in [-0.05, 0) is 54.5 Å². The van der Waals surface area contributed by atoms with Gasteiger partial charge in [0.15, 0.2) is 0 Å². The number of nitrogens with zero attached hydrogens (tertiary/aromatic N) is 3. The first-order valence-electron chi connectivity index (χ1n) is 11.2. The van der Waals surface area contributed by atoms with Gasteiger partial charge in [-0.25, -0.2) is 9.78 Å². The maximum absolute atomic E-state index is 12.6. The third kappa shape index (κ3) is 3.86. The third-order valence-corrected chi connectivity index (χ3v) is 6.12. The summed E-state index contributed by atoms with van der Waals surface area (Å²) < 4.78 is 0. The summed E-state index contributed by atoms with van der Waals surface area (Å²) in [5, 5.41) is 15.6. The number of fused-ring (bicyclic) bond motifs is 2. The van der Waals surface area contributed by atoms with Crippen molar-refractivity contribution in [2.75, 3.05) is 23.7 Å². The Morgan fingerprint density at radius 2 is 1.94 bits per heavy atom. The fourth-order valence-corrected chi connectivity index (χ4v) is 4.31. The molecule has 0 aliphatic carbocycles. The molecule has 0 atom stereocenters. The molecule has 168 valence electrons. The Hall–Kier alpha value is -4.59. The molecular weight excluding hydrogens is 426 g/mol. The summed E-state index contributed by atoms with van der Waals surface area (Å²) in [4.78, 5) is 22.4. The summed E-state index contributed by atoms with van der Waals surface area (Å²) in [6.45, 7) is 1.22. The molecule has 0 fully saturated rings. The third-order valence-electron chi connectivity index (χ3n) is 6.12. The Morgan fingerprint density at radius 1 is 1.03 bits per heavy atom. The van der Waals surface area contributed by atoms with E-state index in [1.807, 2.05) is 59.6 Å². The van der Waals surface area contributed by atoms with E-state index in [1.54, 1.807) is 6.20 Å². The first-order chi connectivity index (χ1) is 16.7. The van der Waals surface area contributed by atoms with Crippen LogP contribution in [0.15, 0.2) is 79.1 Å². The number of anilines is 3. The number of pyridine rings is 1. The van der Waals surface area contributed by atoms with Crippen LogP contribution in [0.4, 0.5) is 21.9 Å². The minimum Gasteiger partial charge on any atom is -0.355 e. The van der Waals surface area contributed by atoms with Gasteiger partial charge in [0.1, 0.15) is 5.65 Å². The van der Waals surface area contributed by atoms with Gasteiger partial charge in [-0.3, -0.25) is 5.10 Å². The molecule has 2 aromatic carbocycles. The SMILES string of the molecule is O=C(Nc1ccccc1)N1CC=C(c2cc3c(Nc4ccc5[nH]ncc5c4)ccnc3[nH]2)CC1. The quantitative estimate of drug-likeness (QED) is 0.291. The normalized spacial score (nSPS) is 13.8. The van der Waals surface area contributed by atoms with E-state index < -0.39 is 0 Å². The Morgan fingerprint density at radius 3 is 2.79 bits per heavy atom. The summed E-state index contributed by atoms with van der Waals surface area (Å²) in [5.41, 5.74) is 6.82. The maximum Gasteiger partial charge on any atom is 0.322 e. The van der Waals surface area contributed by atoms with E-state index in [2.05, 4.69) is 49.0 Å². The van der Waals surface area contributed by atoms with Gasteiger partial charge in [0.05, 0.1) is 17.4 Å². The lowest BCUT2D eigenvalue weighted by Gasteiger charge is -2.26. The number of hydrogen-bond acceptors (Lipinski definition) is 4. The van der Waals surface area contributed by atoms with Crippen molar-refractivity contribution in [1.82, 2.24) is 25.1 Å². The van der Waals surface area contributed by atoms with Crippen LogP contribution in [-0.2, 0) is 0 Å². The van der Waals surface area contributed by atoms with E-state index in [1.165, 1.54) is 5.57 Å². The Labute approximate surface area is 195 Å². The minimum atomic E-state index is -0.0825. The number of aromatic amines is 2. The van der Waals surface area contributed by atoms with Crippen LogP contribution in [0, 0.1) is 0 Å². The molecule has 0 radical (unpaired) electrons. The molecule has 0 spiro atoms. The smallest absolute Gasteiger partial charge is 0.322 e. The molecule has 8 nitrogen and oxygen atoms in total. The Bertz CT molecular complexity index is 1520. The maximum atomic E-state index is 12.6. The van der Waals surface area contributed by atoms with Crippen molar-refractivity contribution in [1.29, 1.82) is 0 Å². The van der Waals surface area contributed by atoms with Gasteiger partial charge in [-0.2, -0.15) is 5.10 Å². The van der Waals surface area contributed by atoms with Gasteiger partial charge in [-0.1, -0.05) is 24.3 Å². The highest BCUT2D eigenvalue weighted by Crippen LogP contribution is 2.31. The van der Waals surface area contributed by atoms with Crippen LogP contribution in [0.5, 0.6) is 0 Å². The van der Waals surface area contributed by atoms with Crippen molar-refractivity contribution < 1.29 is 4.79 Å². The van der Waals surface area contributed by atoms with Crippen molar-refractivity contribution >= 4 is 50.6 Å². The molecule has 2 amide bonds. The van der Waals surface area contributed by atoms with E-state index in [0.29, 0.717) is 13.1 Å². The first-order valence-corrected chi connectivity index (χ1v) is 11.2. The highest BCUT2D eigenvalue weighted by atomic mass is 16.2. The van der Waals surface area contributed by atoms with Gasteiger partial charge in [0.25, 0.3) is 0 Å². The lowest BCUT2D eigenvalue weighted by Crippen LogP contribution is -2.37. The van der Waals surface area contributed by atoms with Crippen LogP contribution in [0.2, 0.25) is 0 Å². The molecular formula is C26H23N7O. The van der Waals surface area contributed by atoms with E-state index in [9.17, 15) is 4.79 Å². The number of rotatable bonds is 4. The number of carbonyl (C=O) groups excluding carboxylic acids is 1. The van der Waals surface area contributed by atoms with E-state index >= 15 is 0 Å². The predicted octanol–water partition coefficient (Wildman–Crippen LogP) is 5.50. The highest BCUT2D eigenvalue weighted by molar-refractivity contribution is 5.95. The standard InChI is InChI=1S/C26H23N7O/c34-26(30-19-4-2-1-3-5-19)33-12-9-17(10-13-33)24-15-21-23(8-11-27-25(21)31-24)29-20-6-7-22-18(14-20)16-28-32-22/h1-9,11,14-16H,10,12-13H2,(H,28,32)(H,30,34)(H2,27,29,31). The zero-order valence-corrected chi connectivity index (χ0v) is 18.4. The number of para-hydroxylation sites is 1. The van der Waals surface area contributed by atoms with Gasteiger partial charge in [0, 0.05) is 47.1 Å². The van der Waals surface area contributed by atoms with Crippen LogP contribution >= 0.6 is 0 Å². The number of benzene rings is 2. The second-order valence-corrected chi connectivity index (χ2v) is 8.32. The van der Waals surface area contributed by atoms with Crippen LogP contribution in [0.1, 0.15) is 12.1 Å². The van der Waals surface area contributed by atoms with Crippen molar-refractivity contribution in [3.8, 4) is 0 Å². The fraction of sp³-hybridized carbons (Fsp3) is 0.115. The monoisotopic (exact) mass is 449 g/mol. The van der Waals surface area contributed by atoms with Crippen molar-refractivity contribution in [3.63, 3.8) is 0 Å². The largest absolute Gasteiger partial charge is 0.355 e. The molecule has 0 unspecified atom stereocenters. The molecule has 1 aliphatic rings. The fourth-order valence-electron chi connectivity index (χ4n) is 4.31. The predicted molar refractivity (Wildman–Crippen MR) is 135 cm³/mol. The second-order valence-electron chi connectivity index (χ2n) is 8.32. The van der Waals surface area contributed by atoms with Gasteiger partial charge >= 0.3 is 6.03 Å². The molecule has 0 saturated heterocycles. The summed E-state index contributed by atoms with van der Waals surface area (Å²) in [6, 6.07) is 19.7. The number of carbonyl (C=O) groups is 1. The highest BCUT2D eigenvalue weighted by Gasteiger charge is 2.19. The van der Waals surface area contributed by atoms with E-state index in [4.69, 9.17) is 0 Å². The Kier molecular flexibility index (Phi) is 4.95. The van der Waals surface area contributed by atoms with Crippen LogP contribution in [-0.4, -0.2) is 44.2 Å². The number of urea groups is 1. The number of nitrogens with one attached hydrogen (secondary N) is 4. The molecule has 0 bridgehead atoms. The summed E-state index contributed by atoms with van der Waals surface area (Å²) in [6.07, 6.45) is 6.50. The van der Waals surface area contributed by atoms with E-state index in [0.717, 1.165) is 51.1 Å². The molecule has 4 N–H and O–H groups in total. The second kappa shape index (κ2) is 8.40. The molecule has 34 heavy (non-hydrogen) atoms. The zero-order chi connectivity index (χ0) is 22.9. The van der Waals surface area contributed by atoms with Crippen LogP contribution < -0.4 is 10.6 Å². The molecule has 4 heterocycles. The number of H-pyrrole nitrogens is 2. The average Bonchev–Trinajstić information content (AvgIpc) is 3.52. The number of aromatic nitrogens is 4. The molecule has 0 saturated carbocycles. The van der Waals surface area contributed by atoms with Crippen molar-refractivity contribution in [2.24, 2.45) is 0 Å². The lowest BCUT2D eigenvalue weighted by atomic mass is 10.0. The molecule has 8 heteroatoms. The van der Waals surface area contributed by atoms with Crippen LogP contribution in [0.25, 0.3) is 27.5 Å². The Balaban J connectivity index is 1.20. The lowest BCUT2D eigenvalue weighted by molar-refractivity contribution is 0.217. The van der Waals surface area contributed by atoms with Crippen molar-refractivity contribution in [3.05, 3.63) is 84.8 Å². The number of hydrogen-bond donors (Lipinski definition) is 4. The van der Waals surface area contributed by atoms with E-state index in [-0.39, 0.29) is 6.03 Å². The van der Waals surface area contributed by atoms with Gasteiger partial charge in [-0.15, -0.1) is 0 Å². The molecule has 3 aromatic heterocycles. The zero-order valence-electron chi connectivity index (χ0n) is 18.4. The van der Waals surface area contributed by atoms with Crippen molar-refractivity contribution in [2.45, 2.75) is 6.42 Å². The van der Waals surface area contributed by atoms with Crippen LogP contribution in [0.3, 0.4) is 0 Å². The minimum absolute atomic E-state index is 0.0825. The summed E-state index contributed by atoms with van der Waals surface area (Å²) in [5.74, 6) is 0. The first kappa shape index (κ1) is 20.0. The molecule has 1 aliphatic heterocycles. The number of amides is 2. The topological polar surface area (TPSA) is 102 Å². The molecule has 5 aromatic rings. The summed E-state index contributed by atoms with van der Waals surface area (Å²) in [7, 11) is 0. The van der Waals surface area contributed by atoms with Gasteiger partial charge < -0.3 is 20.5 Å². The average molecular weight is 450 g/mol. The van der Waals surface area contributed by atoms with Gasteiger partial charge in [0.2, 0.25) is 0 Å². The summed E-state index contributed by atoms with van der Waals surface area (Å²) >= 11 is 0. The molecule has 6 rings (SSSR count).